The maximum absolute atomic E-state index is 6.68. The third-order valence-corrected chi connectivity index (χ3v) is 7.09. The van der Waals surface area contributed by atoms with Crippen molar-refractivity contribution in [3.63, 3.8) is 0 Å². The molecule has 1 aliphatic heterocycles. The Morgan fingerprint density at radius 1 is 1.03 bits per heavy atom. The molecule has 1 saturated carbocycles. The van der Waals surface area contributed by atoms with E-state index >= 15 is 0 Å². The number of hydrogen-bond acceptors (Lipinski definition) is 2. The van der Waals surface area contributed by atoms with Gasteiger partial charge >= 0.3 is 0 Å². The first-order chi connectivity index (χ1) is 14.7. The zero-order valence-corrected chi connectivity index (χ0v) is 17.8. The van der Waals surface area contributed by atoms with E-state index in [1.807, 2.05) is 0 Å². The number of nitrogens with zero attached hydrogens (tertiary/aromatic N) is 1. The van der Waals surface area contributed by atoms with Gasteiger partial charge in [-0.25, -0.2) is 4.57 Å². The third-order valence-electron chi connectivity index (χ3n) is 7.09. The highest BCUT2D eigenvalue weighted by molar-refractivity contribution is 6.07. The van der Waals surface area contributed by atoms with Crippen molar-refractivity contribution in [1.29, 1.82) is 0 Å². The van der Waals surface area contributed by atoms with Crippen LogP contribution in [0.3, 0.4) is 0 Å². The first-order valence-corrected chi connectivity index (χ1v) is 10.9. The zero-order valence-electron chi connectivity index (χ0n) is 17.8. The Labute approximate surface area is 176 Å². The molecule has 3 aromatic carbocycles. The molecule has 0 N–H and O–H groups in total. The molecule has 30 heavy (non-hydrogen) atoms. The molecule has 1 aliphatic carbocycles. The van der Waals surface area contributed by atoms with Gasteiger partial charge < -0.3 is 9.47 Å². The molecule has 3 heteroatoms. The lowest BCUT2D eigenvalue weighted by Gasteiger charge is -2.25. The van der Waals surface area contributed by atoms with Gasteiger partial charge in [0.15, 0.2) is 17.7 Å². The maximum Gasteiger partial charge on any atom is 0.228 e. The van der Waals surface area contributed by atoms with Gasteiger partial charge in [-0.3, -0.25) is 0 Å². The molecule has 2 aliphatic rings. The molecular formula is C27H26NO2+. The molecule has 0 atom stereocenters. The van der Waals surface area contributed by atoms with Crippen molar-refractivity contribution < 1.29 is 14.0 Å². The fourth-order valence-electron chi connectivity index (χ4n) is 5.61. The number of ether oxygens (including phenoxy) is 2. The van der Waals surface area contributed by atoms with Gasteiger partial charge in [0.1, 0.15) is 12.8 Å². The fraction of sp³-hybridized carbons (Fsp3) is 0.296. The molecule has 0 amide bonds. The third kappa shape index (κ3) is 2.35. The van der Waals surface area contributed by atoms with E-state index in [4.69, 9.17) is 9.47 Å². The summed E-state index contributed by atoms with van der Waals surface area (Å²) in [6.45, 7) is 2.20. The molecule has 0 radical (unpaired) electrons. The summed E-state index contributed by atoms with van der Waals surface area (Å²) in [4.78, 5) is 0. The van der Waals surface area contributed by atoms with Gasteiger partial charge in [-0.15, -0.1) is 0 Å². The number of hydrogen-bond donors (Lipinski definition) is 0. The predicted molar refractivity (Wildman–Crippen MR) is 121 cm³/mol. The monoisotopic (exact) mass is 396 g/mol. The summed E-state index contributed by atoms with van der Waals surface area (Å²) in [5, 5.41) is 4.77. The van der Waals surface area contributed by atoms with Crippen molar-refractivity contribution >= 4 is 21.5 Å². The number of pyridine rings is 1. The molecule has 1 aromatic heterocycles. The lowest BCUT2D eigenvalue weighted by Crippen LogP contribution is -2.32. The molecule has 150 valence electrons. The second-order valence-corrected chi connectivity index (χ2v) is 8.75. The maximum atomic E-state index is 6.68. The standard InChI is InChI=1S/C27H26NO2/c1-16-20-10-6-7-11-21(20)26(29-3)27-23(16)25-24-18(12-13-28(25)2)14-19(15-22(24)30-27)17-8-4-5-9-17/h6-7,10-15,17H,4-5,8-9H2,1-3H3/q+1. The van der Waals surface area contributed by atoms with Crippen molar-refractivity contribution in [3.05, 3.63) is 59.8 Å². The van der Waals surface area contributed by atoms with E-state index in [-0.39, 0.29) is 0 Å². The Bertz CT molecular complexity index is 1330. The smallest absolute Gasteiger partial charge is 0.228 e. The van der Waals surface area contributed by atoms with Crippen molar-refractivity contribution in [2.75, 3.05) is 7.11 Å². The van der Waals surface area contributed by atoms with Gasteiger partial charge in [-0.1, -0.05) is 43.2 Å². The Morgan fingerprint density at radius 3 is 2.57 bits per heavy atom. The van der Waals surface area contributed by atoms with Crippen LogP contribution < -0.4 is 14.0 Å². The molecule has 3 nitrogen and oxygen atoms in total. The predicted octanol–water partition coefficient (Wildman–Crippen LogP) is 6.56. The molecule has 0 spiro atoms. The minimum atomic E-state index is 0.647. The van der Waals surface area contributed by atoms with Crippen LogP contribution in [-0.2, 0) is 7.05 Å². The Hall–Kier alpha value is -3.07. The summed E-state index contributed by atoms with van der Waals surface area (Å²) in [5.41, 5.74) is 4.99. The highest BCUT2D eigenvalue weighted by Crippen LogP contribution is 2.54. The van der Waals surface area contributed by atoms with Crippen molar-refractivity contribution in [2.45, 2.75) is 38.5 Å². The van der Waals surface area contributed by atoms with Crippen LogP contribution in [0.25, 0.3) is 32.8 Å². The molecule has 0 saturated heterocycles. The quantitative estimate of drug-likeness (QED) is 0.315. The van der Waals surface area contributed by atoms with Gasteiger partial charge in [-0.2, -0.15) is 0 Å². The average Bonchev–Trinajstić information content (AvgIpc) is 3.31. The molecule has 4 aromatic rings. The number of fused-ring (bicyclic) bond motifs is 3. The first-order valence-electron chi connectivity index (χ1n) is 10.9. The minimum absolute atomic E-state index is 0.647. The second kappa shape index (κ2) is 6.46. The van der Waals surface area contributed by atoms with E-state index in [0.717, 1.165) is 28.2 Å². The van der Waals surface area contributed by atoms with Crippen LogP contribution in [-0.4, -0.2) is 7.11 Å². The van der Waals surface area contributed by atoms with Gasteiger partial charge in [0, 0.05) is 11.5 Å². The highest BCUT2D eigenvalue weighted by Gasteiger charge is 2.34. The fourth-order valence-corrected chi connectivity index (χ4v) is 5.61. The van der Waals surface area contributed by atoms with Crippen molar-refractivity contribution in [2.24, 2.45) is 7.05 Å². The molecule has 1 fully saturated rings. The van der Waals surface area contributed by atoms with Gasteiger partial charge in [0.05, 0.1) is 18.1 Å². The van der Waals surface area contributed by atoms with E-state index < -0.39 is 0 Å². The molecule has 2 heterocycles. The van der Waals surface area contributed by atoms with Crippen LogP contribution in [0.2, 0.25) is 0 Å². The summed E-state index contributed by atoms with van der Waals surface area (Å²) >= 11 is 0. The van der Waals surface area contributed by atoms with Crippen LogP contribution >= 0.6 is 0 Å². The first kappa shape index (κ1) is 17.8. The summed E-state index contributed by atoms with van der Waals surface area (Å²) in [5.74, 6) is 3.27. The van der Waals surface area contributed by atoms with Gasteiger partial charge in [0.2, 0.25) is 5.69 Å². The largest absolute Gasteiger partial charge is 0.492 e. The highest BCUT2D eigenvalue weighted by atomic mass is 16.5. The number of methoxy groups -OCH3 is 1. The van der Waals surface area contributed by atoms with Crippen molar-refractivity contribution in [3.8, 4) is 28.5 Å². The summed E-state index contributed by atoms with van der Waals surface area (Å²) in [6.07, 6.45) is 7.39. The summed E-state index contributed by atoms with van der Waals surface area (Å²) < 4.78 is 14.8. The van der Waals surface area contributed by atoms with Crippen molar-refractivity contribution in [1.82, 2.24) is 0 Å². The van der Waals surface area contributed by atoms with Crippen LogP contribution in [0.4, 0.5) is 0 Å². The Morgan fingerprint density at radius 2 is 1.80 bits per heavy atom. The lowest BCUT2D eigenvalue weighted by atomic mass is 9.89. The number of benzene rings is 3. The number of aromatic nitrogens is 1. The van der Waals surface area contributed by atoms with Crippen LogP contribution in [0, 0.1) is 6.92 Å². The molecular weight excluding hydrogens is 370 g/mol. The zero-order chi connectivity index (χ0) is 20.4. The second-order valence-electron chi connectivity index (χ2n) is 8.75. The van der Waals surface area contributed by atoms with Crippen LogP contribution in [0.15, 0.2) is 48.7 Å². The van der Waals surface area contributed by atoms with Gasteiger partial charge in [-0.05, 0) is 53.6 Å². The lowest BCUT2D eigenvalue weighted by molar-refractivity contribution is -0.659. The Balaban J connectivity index is 1.73. The van der Waals surface area contributed by atoms with Gasteiger partial charge in [0.25, 0.3) is 0 Å². The Kier molecular flexibility index (Phi) is 3.83. The van der Waals surface area contributed by atoms with Crippen LogP contribution in [0.5, 0.6) is 17.2 Å². The van der Waals surface area contributed by atoms with E-state index in [1.165, 1.54) is 58.7 Å². The average molecular weight is 397 g/mol. The van der Waals surface area contributed by atoms with E-state index in [9.17, 15) is 0 Å². The SMILES string of the molecule is COc1c2c(c(C)c3ccccc13)-c1c3c(cc(C4CCCC4)cc3cc[n+]1C)O2. The normalized spacial score (nSPS) is 15.4. The molecule has 0 bridgehead atoms. The van der Waals surface area contributed by atoms with E-state index in [2.05, 4.69) is 67.2 Å². The topological polar surface area (TPSA) is 22.3 Å². The molecule has 0 unspecified atom stereocenters. The minimum Gasteiger partial charge on any atom is -0.492 e. The molecule has 6 rings (SSSR count). The summed E-state index contributed by atoms with van der Waals surface area (Å²) in [7, 11) is 3.87. The van der Waals surface area contributed by atoms with Crippen LogP contribution in [0.1, 0.15) is 42.7 Å². The summed E-state index contributed by atoms with van der Waals surface area (Å²) in [6, 6.07) is 15.3. The number of rotatable bonds is 2. The van der Waals surface area contributed by atoms with E-state index in [0.29, 0.717) is 5.92 Å². The number of aryl methyl sites for hydroxylation is 2. The van der Waals surface area contributed by atoms with E-state index in [1.54, 1.807) is 7.11 Å².